The predicted octanol–water partition coefficient (Wildman–Crippen LogP) is 2.11. The minimum Gasteiger partial charge on any atom is -0.358 e. The van der Waals surface area contributed by atoms with Crippen molar-refractivity contribution in [3.8, 4) is 11.3 Å². The molecular weight excluding hydrogens is 359 g/mol. The third-order valence-corrected chi connectivity index (χ3v) is 5.09. The van der Waals surface area contributed by atoms with Crippen molar-refractivity contribution in [3.05, 3.63) is 48.7 Å². The summed E-state index contributed by atoms with van der Waals surface area (Å²) in [5.41, 5.74) is 2.08. The lowest BCUT2D eigenvalue weighted by Gasteiger charge is -2.34. The smallest absolute Gasteiger partial charge is 0.244 e. The van der Waals surface area contributed by atoms with E-state index in [1.54, 1.807) is 30.7 Å². The number of hydrogen-bond acceptors (Lipinski definition) is 5. The first-order chi connectivity index (χ1) is 13.5. The zero-order chi connectivity index (χ0) is 19.7. The second-order valence-corrected chi connectivity index (χ2v) is 7.12. The lowest BCUT2D eigenvalue weighted by Crippen LogP contribution is -2.51. The van der Waals surface area contributed by atoms with Gasteiger partial charge in [-0.05, 0) is 38.2 Å². The lowest BCUT2D eigenvalue weighted by molar-refractivity contribution is -0.133. The number of carbonyl (C=O) groups excluding carboxylic acids is 1. The van der Waals surface area contributed by atoms with Gasteiger partial charge in [-0.15, -0.1) is 0 Å². The van der Waals surface area contributed by atoms with Crippen LogP contribution in [0.3, 0.4) is 0 Å². The van der Waals surface area contributed by atoms with Gasteiger partial charge in [0, 0.05) is 44.1 Å². The molecule has 1 atom stereocenters. The molecule has 3 heterocycles. The number of aromatic nitrogens is 3. The summed E-state index contributed by atoms with van der Waals surface area (Å²) in [7, 11) is 2.06. The quantitative estimate of drug-likeness (QED) is 0.749. The first-order valence-electron chi connectivity index (χ1n) is 9.35. The van der Waals surface area contributed by atoms with Gasteiger partial charge < -0.3 is 15.1 Å². The summed E-state index contributed by atoms with van der Waals surface area (Å²) in [4.78, 5) is 25.8. The summed E-state index contributed by atoms with van der Waals surface area (Å²) in [6.07, 6.45) is 5.12. The zero-order valence-corrected chi connectivity index (χ0v) is 16.0. The number of rotatable bonds is 4. The molecule has 0 bridgehead atoms. The number of fused-ring (bicyclic) bond motifs is 1. The van der Waals surface area contributed by atoms with Gasteiger partial charge in [-0.2, -0.15) is 0 Å². The number of halogens is 1. The van der Waals surface area contributed by atoms with E-state index in [0.29, 0.717) is 17.2 Å². The van der Waals surface area contributed by atoms with Gasteiger partial charge in [0.15, 0.2) is 5.65 Å². The summed E-state index contributed by atoms with van der Waals surface area (Å²) in [5, 5.41) is 3.33. The summed E-state index contributed by atoms with van der Waals surface area (Å²) >= 11 is 0. The van der Waals surface area contributed by atoms with Crippen molar-refractivity contribution in [3.63, 3.8) is 0 Å². The fourth-order valence-corrected chi connectivity index (χ4v) is 3.42. The predicted molar refractivity (Wildman–Crippen MR) is 106 cm³/mol. The Labute approximate surface area is 162 Å². The van der Waals surface area contributed by atoms with Gasteiger partial charge in [-0.1, -0.05) is 0 Å². The second kappa shape index (κ2) is 7.55. The highest BCUT2D eigenvalue weighted by atomic mass is 19.1. The molecule has 2 aromatic heterocycles. The van der Waals surface area contributed by atoms with E-state index >= 15 is 0 Å². The van der Waals surface area contributed by atoms with Crippen molar-refractivity contribution in [1.82, 2.24) is 24.2 Å². The molecule has 1 N–H and O–H groups in total. The molecule has 4 rings (SSSR count). The Kier molecular flexibility index (Phi) is 4.95. The van der Waals surface area contributed by atoms with E-state index in [1.165, 1.54) is 12.1 Å². The number of carbonyl (C=O) groups is 1. The number of piperazine rings is 1. The van der Waals surface area contributed by atoms with Gasteiger partial charge in [0.05, 0.1) is 6.20 Å². The van der Waals surface area contributed by atoms with Crippen LogP contribution in [0.25, 0.3) is 16.9 Å². The molecule has 1 saturated heterocycles. The molecule has 7 nitrogen and oxygen atoms in total. The maximum Gasteiger partial charge on any atom is 0.244 e. The molecule has 8 heteroatoms. The van der Waals surface area contributed by atoms with Gasteiger partial charge in [0.2, 0.25) is 5.91 Å². The largest absolute Gasteiger partial charge is 0.358 e. The minimum atomic E-state index is -0.421. The number of likely N-dealkylation sites (N-methyl/N-ethyl adjacent to an activating group) is 1. The Bertz CT molecular complexity index is 978. The zero-order valence-electron chi connectivity index (χ0n) is 16.0. The molecule has 1 amide bonds. The van der Waals surface area contributed by atoms with Gasteiger partial charge in [-0.3, -0.25) is 14.2 Å². The molecule has 0 radical (unpaired) electrons. The Morgan fingerprint density at radius 2 is 1.89 bits per heavy atom. The van der Waals surface area contributed by atoms with Crippen molar-refractivity contribution in [2.75, 3.05) is 38.5 Å². The van der Waals surface area contributed by atoms with E-state index in [4.69, 9.17) is 0 Å². The van der Waals surface area contributed by atoms with Gasteiger partial charge in [0.1, 0.15) is 23.4 Å². The molecular formula is C20H23FN6O. The summed E-state index contributed by atoms with van der Waals surface area (Å²) in [6.45, 7) is 5.06. The van der Waals surface area contributed by atoms with E-state index in [1.807, 2.05) is 16.2 Å². The molecule has 1 unspecified atom stereocenters. The highest BCUT2D eigenvalue weighted by Crippen LogP contribution is 2.29. The number of nitrogens with zero attached hydrogens (tertiary/aromatic N) is 5. The van der Waals surface area contributed by atoms with E-state index < -0.39 is 6.04 Å². The van der Waals surface area contributed by atoms with Crippen LogP contribution in [0.4, 0.5) is 10.2 Å². The molecule has 1 aliphatic rings. The van der Waals surface area contributed by atoms with Crippen LogP contribution < -0.4 is 5.32 Å². The van der Waals surface area contributed by atoms with Gasteiger partial charge in [0.25, 0.3) is 0 Å². The fourth-order valence-electron chi connectivity index (χ4n) is 3.42. The topological polar surface area (TPSA) is 65.8 Å². The van der Waals surface area contributed by atoms with E-state index in [9.17, 15) is 9.18 Å². The molecule has 0 spiro atoms. The number of amides is 1. The third kappa shape index (κ3) is 3.55. The Morgan fingerprint density at radius 1 is 1.18 bits per heavy atom. The number of benzene rings is 1. The molecule has 1 fully saturated rings. The normalized spacial score (nSPS) is 16.3. The third-order valence-electron chi connectivity index (χ3n) is 5.09. The Morgan fingerprint density at radius 3 is 2.61 bits per heavy atom. The molecule has 0 saturated carbocycles. The van der Waals surface area contributed by atoms with Crippen molar-refractivity contribution >= 4 is 17.4 Å². The van der Waals surface area contributed by atoms with Crippen LogP contribution in [-0.4, -0.2) is 69.3 Å². The van der Waals surface area contributed by atoms with Crippen LogP contribution >= 0.6 is 0 Å². The summed E-state index contributed by atoms with van der Waals surface area (Å²) < 4.78 is 15.2. The molecule has 3 aromatic rings. The Balaban J connectivity index is 1.64. The Hall–Kier alpha value is -3.00. The van der Waals surface area contributed by atoms with Crippen LogP contribution in [-0.2, 0) is 4.79 Å². The number of hydrogen-bond donors (Lipinski definition) is 1. The van der Waals surface area contributed by atoms with Crippen molar-refractivity contribution in [2.24, 2.45) is 0 Å². The highest BCUT2D eigenvalue weighted by molar-refractivity contribution is 5.86. The summed E-state index contributed by atoms with van der Waals surface area (Å²) in [5.74, 6) is 0.448. The SMILES string of the molecule is CC(Nc1c(-c2ccc(F)cc2)nc2cnccn12)C(=O)N1CCN(C)CC1. The molecule has 1 aromatic carbocycles. The van der Waals surface area contributed by atoms with Gasteiger partial charge >= 0.3 is 0 Å². The average molecular weight is 382 g/mol. The highest BCUT2D eigenvalue weighted by Gasteiger charge is 2.25. The molecule has 146 valence electrons. The van der Waals surface area contributed by atoms with Crippen molar-refractivity contribution in [2.45, 2.75) is 13.0 Å². The minimum absolute atomic E-state index is 0.0576. The number of imidazole rings is 1. The lowest BCUT2D eigenvalue weighted by atomic mass is 10.1. The maximum atomic E-state index is 13.4. The van der Waals surface area contributed by atoms with E-state index in [2.05, 4.69) is 27.2 Å². The number of anilines is 1. The molecule has 0 aliphatic carbocycles. The van der Waals surface area contributed by atoms with Crippen LogP contribution in [0.5, 0.6) is 0 Å². The monoisotopic (exact) mass is 382 g/mol. The number of nitrogens with one attached hydrogen (secondary N) is 1. The second-order valence-electron chi connectivity index (χ2n) is 7.12. The molecule has 1 aliphatic heterocycles. The maximum absolute atomic E-state index is 13.4. The van der Waals surface area contributed by atoms with Crippen LogP contribution in [0.1, 0.15) is 6.92 Å². The van der Waals surface area contributed by atoms with Crippen LogP contribution in [0.2, 0.25) is 0 Å². The standard InChI is InChI=1S/C20H23FN6O/c1-14(20(28)26-11-9-25(2)10-12-26)23-19-18(15-3-5-16(21)6-4-15)24-17-13-22-7-8-27(17)19/h3-8,13-14,23H,9-12H2,1-2H3. The van der Waals surface area contributed by atoms with Crippen LogP contribution in [0.15, 0.2) is 42.9 Å². The summed E-state index contributed by atoms with van der Waals surface area (Å²) in [6, 6.07) is 5.75. The van der Waals surface area contributed by atoms with Crippen molar-refractivity contribution in [1.29, 1.82) is 0 Å². The van der Waals surface area contributed by atoms with E-state index in [0.717, 1.165) is 31.7 Å². The average Bonchev–Trinajstić information content (AvgIpc) is 3.07. The van der Waals surface area contributed by atoms with Gasteiger partial charge in [-0.25, -0.2) is 9.37 Å². The molecule has 28 heavy (non-hydrogen) atoms. The fraction of sp³-hybridized carbons (Fsp3) is 0.350. The van der Waals surface area contributed by atoms with Crippen LogP contribution in [0, 0.1) is 5.82 Å². The first kappa shape index (κ1) is 18.4. The first-order valence-corrected chi connectivity index (χ1v) is 9.35. The van der Waals surface area contributed by atoms with Crippen molar-refractivity contribution < 1.29 is 9.18 Å². The van der Waals surface area contributed by atoms with E-state index in [-0.39, 0.29) is 11.7 Å².